The molecule has 0 spiro atoms. The van der Waals surface area contributed by atoms with E-state index in [0.717, 1.165) is 12.1 Å². The standard InChI is InChI=1S/C8H4ClFN2O2/c9-4-3-11-8-6(12(13)14)2-1-5(10)7(4)8/h1-3,11H. The van der Waals surface area contributed by atoms with Crippen molar-refractivity contribution < 1.29 is 9.31 Å². The van der Waals surface area contributed by atoms with E-state index >= 15 is 0 Å². The molecular formula is C8H4ClFN2O2. The van der Waals surface area contributed by atoms with Gasteiger partial charge in [0.2, 0.25) is 0 Å². The summed E-state index contributed by atoms with van der Waals surface area (Å²) in [5, 5.41) is 10.8. The Morgan fingerprint density at radius 2 is 2.21 bits per heavy atom. The number of rotatable bonds is 1. The summed E-state index contributed by atoms with van der Waals surface area (Å²) in [7, 11) is 0. The third kappa shape index (κ3) is 1.13. The highest BCUT2D eigenvalue weighted by atomic mass is 35.5. The zero-order valence-corrected chi connectivity index (χ0v) is 7.51. The van der Waals surface area contributed by atoms with Gasteiger partial charge in [0.05, 0.1) is 15.3 Å². The number of aromatic amines is 1. The summed E-state index contributed by atoms with van der Waals surface area (Å²) in [5.41, 5.74) is -0.0756. The lowest BCUT2D eigenvalue weighted by molar-refractivity contribution is -0.383. The molecule has 0 amide bonds. The van der Waals surface area contributed by atoms with Crippen LogP contribution in [0.25, 0.3) is 10.9 Å². The van der Waals surface area contributed by atoms with Crippen molar-refractivity contribution in [3.63, 3.8) is 0 Å². The van der Waals surface area contributed by atoms with Gasteiger partial charge in [-0.3, -0.25) is 10.1 Å². The lowest BCUT2D eigenvalue weighted by Crippen LogP contribution is -1.90. The zero-order valence-electron chi connectivity index (χ0n) is 6.75. The summed E-state index contributed by atoms with van der Waals surface area (Å²) in [6.45, 7) is 0. The molecule has 0 aliphatic carbocycles. The van der Waals surface area contributed by atoms with Crippen LogP contribution in [0.3, 0.4) is 0 Å². The molecule has 0 unspecified atom stereocenters. The van der Waals surface area contributed by atoms with Crippen molar-refractivity contribution in [2.45, 2.75) is 0 Å². The Hall–Kier alpha value is -1.62. The first kappa shape index (κ1) is 8.96. The molecule has 1 aromatic carbocycles. The van der Waals surface area contributed by atoms with Crippen LogP contribution < -0.4 is 0 Å². The zero-order chi connectivity index (χ0) is 10.3. The number of non-ortho nitro benzene ring substituents is 1. The monoisotopic (exact) mass is 214 g/mol. The molecule has 1 heterocycles. The third-order valence-electron chi connectivity index (χ3n) is 1.91. The molecule has 72 valence electrons. The van der Waals surface area contributed by atoms with Gasteiger partial charge in [0.15, 0.2) is 0 Å². The smallest absolute Gasteiger partial charge is 0.293 e. The van der Waals surface area contributed by atoms with E-state index in [1.807, 2.05) is 0 Å². The Morgan fingerprint density at radius 1 is 1.50 bits per heavy atom. The molecule has 0 bridgehead atoms. The van der Waals surface area contributed by atoms with Crippen molar-refractivity contribution in [1.82, 2.24) is 4.98 Å². The first-order valence-corrected chi connectivity index (χ1v) is 4.08. The van der Waals surface area contributed by atoms with Crippen LogP contribution in [0.5, 0.6) is 0 Å². The second kappa shape index (κ2) is 2.95. The lowest BCUT2D eigenvalue weighted by Gasteiger charge is -1.95. The van der Waals surface area contributed by atoms with Gasteiger partial charge in [0, 0.05) is 12.3 Å². The average molecular weight is 215 g/mol. The van der Waals surface area contributed by atoms with E-state index in [-0.39, 0.29) is 21.6 Å². The molecule has 0 aliphatic rings. The second-order valence-corrected chi connectivity index (χ2v) is 3.12. The van der Waals surface area contributed by atoms with Gasteiger partial charge in [-0.1, -0.05) is 11.6 Å². The Kier molecular flexibility index (Phi) is 1.89. The maximum absolute atomic E-state index is 13.2. The van der Waals surface area contributed by atoms with Gasteiger partial charge in [0.1, 0.15) is 11.3 Å². The molecule has 2 rings (SSSR count). The van der Waals surface area contributed by atoms with Crippen molar-refractivity contribution in [2.75, 3.05) is 0 Å². The molecule has 1 aromatic heterocycles. The van der Waals surface area contributed by atoms with E-state index in [0.29, 0.717) is 0 Å². The fourth-order valence-corrected chi connectivity index (χ4v) is 1.55. The fourth-order valence-electron chi connectivity index (χ4n) is 1.31. The number of benzene rings is 1. The lowest BCUT2D eigenvalue weighted by atomic mass is 10.2. The number of nitrogens with zero attached hydrogens (tertiary/aromatic N) is 1. The van der Waals surface area contributed by atoms with Gasteiger partial charge in [-0.25, -0.2) is 4.39 Å². The van der Waals surface area contributed by atoms with Gasteiger partial charge in [-0.2, -0.15) is 0 Å². The molecule has 0 aliphatic heterocycles. The highest BCUT2D eigenvalue weighted by Gasteiger charge is 2.17. The van der Waals surface area contributed by atoms with Crippen LogP contribution in [-0.2, 0) is 0 Å². The minimum atomic E-state index is -0.589. The van der Waals surface area contributed by atoms with Crippen LogP contribution in [0.2, 0.25) is 5.02 Å². The first-order valence-electron chi connectivity index (χ1n) is 3.70. The van der Waals surface area contributed by atoms with Gasteiger partial charge in [-0.05, 0) is 6.07 Å². The number of hydrogen-bond acceptors (Lipinski definition) is 2. The molecule has 0 saturated carbocycles. The summed E-state index contributed by atoms with van der Waals surface area (Å²) in [6.07, 6.45) is 1.32. The molecule has 2 aromatic rings. The summed E-state index contributed by atoms with van der Waals surface area (Å²) in [4.78, 5) is 12.5. The molecule has 4 nitrogen and oxygen atoms in total. The van der Waals surface area contributed by atoms with Crippen molar-refractivity contribution in [2.24, 2.45) is 0 Å². The van der Waals surface area contributed by atoms with E-state index in [4.69, 9.17) is 11.6 Å². The van der Waals surface area contributed by atoms with Gasteiger partial charge >= 0.3 is 0 Å². The van der Waals surface area contributed by atoms with Gasteiger partial charge in [-0.15, -0.1) is 0 Å². The van der Waals surface area contributed by atoms with Crippen molar-refractivity contribution in [3.05, 3.63) is 39.3 Å². The molecule has 0 radical (unpaired) electrons. The van der Waals surface area contributed by atoms with E-state index < -0.39 is 10.7 Å². The van der Waals surface area contributed by atoms with Crippen LogP contribution in [-0.4, -0.2) is 9.91 Å². The number of hydrogen-bond donors (Lipinski definition) is 1. The SMILES string of the molecule is O=[N+]([O-])c1ccc(F)c2c(Cl)c[nH]c12. The normalized spacial score (nSPS) is 10.7. The van der Waals surface area contributed by atoms with Crippen LogP contribution in [0.1, 0.15) is 0 Å². The minimum Gasteiger partial charge on any atom is -0.354 e. The number of nitro groups is 1. The Labute approximate surface area is 82.4 Å². The van der Waals surface area contributed by atoms with Crippen molar-refractivity contribution in [1.29, 1.82) is 0 Å². The average Bonchev–Trinajstić information content (AvgIpc) is 2.49. The van der Waals surface area contributed by atoms with Crippen molar-refractivity contribution >= 4 is 28.2 Å². The van der Waals surface area contributed by atoms with Gasteiger partial charge < -0.3 is 4.98 Å². The minimum absolute atomic E-state index is 0.0564. The van der Waals surface area contributed by atoms with E-state index in [9.17, 15) is 14.5 Å². The van der Waals surface area contributed by atoms with Crippen LogP contribution in [0.4, 0.5) is 10.1 Å². The summed E-state index contributed by atoms with van der Waals surface area (Å²) in [5.74, 6) is -0.572. The predicted octanol–water partition coefficient (Wildman–Crippen LogP) is 2.87. The Bertz CT molecular complexity index is 523. The molecule has 1 N–H and O–H groups in total. The number of fused-ring (bicyclic) bond motifs is 1. The van der Waals surface area contributed by atoms with E-state index in [2.05, 4.69) is 4.98 Å². The van der Waals surface area contributed by atoms with Crippen LogP contribution >= 0.6 is 11.6 Å². The number of halogens is 2. The molecule has 0 atom stereocenters. The summed E-state index contributed by atoms with van der Waals surface area (Å²) in [6, 6.07) is 2.13. The Morgan fingerprint density at radius 3 is 2.86 bits per heavy atom. The molecule has 6 heteroatoms. The highest BCUT2D eigenvalue weighted by molar-refractivity contribution is 6.35. The quantitative estimate of drug-likeness (QED) is 0.586. The van der Waals surface area contributed by atoms with Crippen LogP contribution in [0, 0.1) is 15.9 Å². The number of aromatic nitrogens is 1. The third-order valence-corrected chi connectivity index (χ3v) is 2.21. The largest absolute Gasteiger partial charge is 0.354 e. The molecule has 0 saturated heterocycles. The molecule has 0 fully saturated rings. The van der Waals surface area contributed by atoms with E-state index in [1.54, 1.807) is 0 Å². The molecule has 14 heavy (non-hydrogen) atoms. The summed E-state index contributed by atoms with van der Waals surface area (Å²) < 4.78 is 13.2. The number of nitro benzene ring substituents is 1. The van der Waals surface area contributed by atoms with Crippen LogP contribution in [0.15, 0.2) is 18.3 Å². The fraction of sp³-hybridized carbons (Fsp3) is 0. The Balaban J connectivity index is 2.90. The number of nitrogens with one attached hydrogen (secondary N) is 1. The van der Waals surface area contributed by atoms with Gasteiger partial charge in [0.25, 0.3) is 5.69 Å². The first-order chi connectivity index (χ1) is 6.61. The maximum atomic E-state index is 13.2. The summed E-state index contributed by atoms with van der Waals surface area (Å²) >= 11 is 5.66. The number of H-pyrrole nitrogens is 1. The molecular weight excluding hydrogens is 211 g/mol. The second-order valence-electron chi connectivity index (χ2n) is 2.71. The van der Waals surface area contributed by atoms with E-state index in [1.165, 1.54) is 6.20 Å². The van der Waals surface area contributed by atoms with Crippen molar-refractivity contribution in [3.8, 4) is 0 Å². The maximum Gasteiger partial charge on any atom is 0.293 e. The highest BCUT2D eigenvalue weighted by Crippen LogP contribution is 2.31. The topological polar surface area (TPSA) is 58.9 Å². The predicted molar refractivity (Wildman–Crippen MR) is 49.9 cm³/mol.